The van der Waals surface area contributed by atoms with E-state index < -0.39 is 34.6 Å². The van der Waals surface area contributed by atoms with Crippen LogP contribution in [0.2, 0.25) is 0 Å². The number of carbonyl (C=O) groups excluding carboxylic acids is 1. The lowest BCUT2D eigenvalue weighted by Crippen LogP contribution is -2.48. The van der Waals surface area contributed by atoms with Gasteiger partial charge in [-0.15, -0.1) is 0 Å². The summed E-state index contributed by atoms with van der Waals surface area (Å²) in [5, 5.41) is 32.4. The summed E-state index contributed by atoms with van der Waals surface area (Å²) in [5.74, 6) is -1.09. The summed E-state index contributed by atoms with van der Waals surface area (Å²) < 4.78 is 5.48. The van der Waals surface area contributed by atoms with Crippen LogP contribution in [-0.4, -0.2) is 45.2 Å². The average Bonchev–Trinajstić information content (AvgIpc) is 2.79. The Hall–Kier alpha value is -0.910. The second-order valence-electron chi connectivity index (χ2n) is 8.22. The number of hydrogen-bond acceptors (Lipinski definition) is 5. The van der Waals surface area contributed by atoms with Crippen LogP contribution in [0.1, 0.15) is 40.5 Å². The lowest BCUT2D eigenvalue weighted by molar-refractivity contribution is -0.154. The van der Waals surface area contributed by atoms with Gasteiger partial charge in [-0.25, -0.2) is 0 Å². The Morgan fingerprint density at radius 3 is 2.45 bits per heavy atom. The molecule has 0 aromatic rings. The molecule has 0 heterocycles. The molecule has 0 spiro atoms. The number of ether oxygens (including phenoxy) is 1. The molecule has 124 valence electrons. The van der Waals surface area contributed by atoms with Crippen molar-refractivity contribution in [3.05, 3.63) is 12.2 Å². The topological polar surface area (TPSA) is 87.0 Å². The molecule has 0 bridgehead atoms. The van der Waals surface area contributed by atoms with Crippen LogP contribution in [0.3, 0.4) is 0 Å². The number of fused-ring (bicyclic) bond motifs is 3. The van der Waals surface area contributed by atoms with Gasteiger partial charge in [0.2, 0.25) is 0 Å². The Kier molecular flexibility index (Phi) is 3.15. The van der Waals surface area contributed by atoms with Crippen molar-refractivity contribution in [1.29, 1.82) is 0 Å². The summed E-state index contributed by atoms with van der Waals surface area (Å²) in [7, 11) is 0. The van der Waals surface area contributed by atoms with Crippen LogP contribution in [0.5, 0.6) is 0 Å². The fourth-order valence-corrected chi connectivity index (χ4v) is 5.87. The number of aliphatic hydroxyl groups excluding tert-OH is 2. The van der Waals surface area contributed by atoms with Gasteiger partial charge in [-0.1, -0.05) is 27.4 Å². The lowest BCUT2D eigenvalue weighted by Gasteiger charge is -2.42. The normalized spacial score (nSPS) is 52.5. The molecule has 0 saturated heterocycles. The maximum absolute atomic E-state index is 11.4. The standard InChI is InChI=1S/C17H26O5/c1-8-11(19)6-10-13(20)16(5)7-12(22-9(2)18)15(3,4)14(16)17(8,10)21/h10-14,19-21H,1,6-7H2,2-5H3/t10-,11+,12-,13+,14+,16+,17-/m1/s1. The summed E-state index contributed by atoms with van der Waals surface area (Å²) in [6.45, 7) is 11.1. The number of esters is 1. The van der Waals surface area contributed by atoms with E-state index in [-0.39, 0.29) is 18.0 Å². The largest absolute Gasteiger partial charge is 0.462 e. The molecule has 7 atom stereocenters. The monoisotopic (exact) mass is 310 g/mol. The minimum absolute atomic E-state index is 0.318. The van der Waals surface area contributed by atoms with Gasteiger partial charge < -0.3 is 20.1 Å². The van der Waals surface area contributed by atoms with Gasteiger partial charge in [-0.05, 0) is 18.4 Å². The van der Waals surface area contributed by atoms with Crippen LogP contribution in [-0.2, 0) is 9.53 Å². The fraction of sp³-hybridized carbons (Fsp3) is 0.824. The maximum Gasteiger partial charge on any atom is 0.302 e. The van der Waals surface area contributed by atoms with E-state index in [4.69, 9.17) is 4.74 Å². The molecule has 3 aliphatic carbocycles. The van der Waals surface area contributed by atoms with E-state index in [0.29, 0.717) is 18.4 Å². The Morgan fingerprint density at radius 2 is 1.91 bits per heavy atom. The van der Waals surface area contributed by atoms with Gasteiger partial charge in [-0.3, -0.25) is 4.79 Å². The van der Waals surface area contributed by atoms with E-state index in [1.54, 1.807) is 0 Å². The molecule has 22 heavy (non-hydrogen) atoms. The van der Waals surface area contributed by atoms with Gasteiger partial charge >= 0.3 is 5.97 Å². The van der Waals surface area contributed by atoms with Crippen LogP contribution in [0, 0.1) is 22.7 Å². The first kappa shape index (κ1) is 16.0. The van der Waals surface area contributed by atoms with Crippen LogP contribution in [0.15, 0.2) is 12.2 Å². The average molecular weight is 310 g/mol. The van der Waals surface area contributed by atoms with Crippen molar-refractivity contribution in [3.63, 3.8) is 0 Å². The lowest BCUT2D eigenvalue weighted by atomic mass is 9.65. The van der Waals surface area contributed by atoms with Crippen molar-refractivity contribution in [2.24, 2.45) is 22.7 Å². The summed E-state index contributed by atoms with van der Waals surface area (Å²) in [4.78, 5) is 11.4. The van der Waals surface area contributed by atoms with Gasteiger partial charge in [0.25, 0.3) is 0 Å². The van der Waals surface area contributed by atoms with E-state index >= 15 is 0 Å². The van der Waals surface area contributed by atoms with E-state index in [1.807, 2.05) is 20.8 Å². The second kappa shape index (κ2) is 4.34. The molecule has 3 fully saturated rings. The Bertz CT molecular complexity index is 541. The Labute approximate surface area is 131 Å². The molecule has 0 aromatic heterocycles. The first-order valence-corrected chi connectivity index (χ1v) is 7.92. The number of hydrogen-bond donors (Lipinski definition) is 3. The van der Waals surface area contributed by atoms with Crippen LogP contribution < -0.4 is 0 Å². The Morgan fingerprint density at radius 1 is 1.32 bits per heavy atom. The van der Waals surface area contributed by atoms with E-state index in [0.717, 1.165) is 0 Å². The van der Waals surface area contributed by atoms with Crippen LogP contribution in [0.25, 0.3) is 0 Å². The van der Waals surface area contributed by atoms with Gasteiger partial charge in [-0.2, -0.15) is 0 Å². The SMILES string of the molecule is C=C1[C@@H](O)C[C@@H]2[C@H](O)[C@]3(C)C[C@@H](OC(C)=O)C(C)(C)[C@@H]3[C@@]12O. The van der Waals surface area contributed by atoms with Crippen molar-refractivity contribution in [3.8, 4) is 0 Å². The molecule has 0 radical (unpaired) electrons. The highest BCUT2D eigenvalue weighted by molar-refractivity contribution is 5.66. The number of carbonyl (C=O) groups is 1. The summed E-state index contributed by atoms with van der Waals surface area (Å²) >= 11 is 0. The molecular weight excluding hydrogens is 284 g/mol. The predicted molar refractivity (Wildman–Crippen MR) is 79.8 cm³/mol. The predicted octanol–water partition coefficient (Wildman–Crippen LogP) is 1.01. The smallest absolute Gasteiger partial charge is 0.302 e. The van der Waals surface area contributed by atoms with E-state index in [2.05, 4.69) is 6.58 Å². The van der Waals surface area contributed by atoms with Crippen LogP contribution >= 0.6 is 0 Å². The number of aliphatic hydroxyl groups is 3. The van der Waals surface area contributed by atoms with Crippen molar-refractivity contribution < 1.29 is 24.9 Å². The summed E-state index contributed by atoms with van der Waals surface area (Å²) in [6, 6.07) is 0. The minimum Gasteiger partial charge on any atom is -0.462 e. The van der Waals surface area contributed by atoms with E-state index in [9.17, 15) is 20.1 Å². The minimum atomic E-state index is -1.31. The van der Waals surface area contributed by atoms with Gasteiger partial charge in [0.05, 0.1) is 17.8 Å². The first-order valence-electron chi connectivity index (χ1n) is 7.92. The summed E-state index contributed by atoms with van der Waals surface area (Å²) in [5.41, 5.74) is -2.00. The molecule has 0 amide bonds. The van der Waals surface area contributed by atoms with E-state index in [1.165, 1.54) is 6.92 Å². The zero-order valence-corrected chi connectivity index (χ0v) is 13.7. The molecule has 0 aromatic carbocycles. The highest BCUT2D eigenvalue weighted by atomic mass is 16.5. The zero-order chi connectivity index (χ0) is 16.7. The Balaban J connectivity index is 2.09. The fourth-order valence-electron chi connectivity index (χ4n) is 5.87. The van der Waals surface area contributed by atoms with Crippen molar-refractivity contribution in [1.82, 2.24) is 0 Å². The number of rotatable bonds is 1. The molecule has 5 nitrogen and oxygen atoms in total. The third-order valence-corrected chi connectivity index (χ3v) is 6.62. The first-order chi connectivity index (χ1) is 9.97. The van der Waals surface area contributed by atoms with Gasteiger partial charge in [0.1, 0.15) is 6.10 Å². The van der Waals surface area contributed by atoms with Crippen LogP contribution in [0.4, 0.5) is 0 Å². The van der Waals surface area contributed by atoms with Gasteiger partial charge in [0, 0.05) is 29.6 Å². The third kappa shape index (κ3) is 1.62. The van der Waals surface area contributed by atoms with Crippen molar-refractivity contribution in [2.75, 3.05) is 0 Å². The molecule has 3 saturated carbocycles. The van der Waals surface area contributed by atoms with Crippen molar-refractivity contribution >= 4 is 5.97 Å². The van der Waals surface area contributed by atoms with Crippen molar-refractivity contribution in [2.45, 2.75) is 64.4 Å². The second-order valence-corrected chi connectivity index (χ2v) is 8.22. The molecule has 3 aliphatic rings. The molecule has 0 unspecified atom stereocenters. The maximum atomic E-state index is 11.4. The summed E-state index contributed by atoms with van der Waals surface area (Å²) in [6.07, 6.45) is -1.08. The molecule has 5 heteroatoms. The molecular formula is C17H26O5. The highest BCUT2D eigenvalue weighted by Gasteiger charge is 2.77. The zero-order valence-electron chi connectivity index (χ0n) is 13.7. The highest BCUT2D eigenvalue weighted by Crippen LogP contribution is 2.71. The molecule has 3 rings (SSSR count). The molecule has 0 aliphatic heterocycles. The third-order valence-electron chi connectivity index (χ3n) is 6.62. The van der Waals surface area contributed by atoms with Gasteiger partial charge in [0.15, 0.2) is 0 Å². The molecule has 3 N–H and O–H groups in total. The quantitative estimate of drug-likeness (QED) is 0.497.